The molecular formula is C12H9Cl2N3O3S. The SMILES string of the molecule is CS(=O)(=O)c1ccccc1NC(=O)c1cc(Cl)nnc1Cl. The van der Waals surface area contributed by atoms with Gasteiger partial charge in [0.25, 0.3) is 5.91 Å². The van der Waals surface area contributed by atoms with Gasteiger partial charge < -0.3 is 5.32 Å². The number of para-hydroxylation sites is 1. The molecule has 0 atom stereocenters. The topological polar surface area (TPSA) is 89.0 Å². The third kappa shape index (κ3) is 3.69. The predicted molar refractivity (Wildman–Crippen MR) is 79.6 cm³/mol. The Balaban J connectivity index is 2.39. The third-order valence-electron chi connectivity index (χ3n) is 2.50. The molecule has 1 heterocycles. The minimum absolute atomic E-state index is 0.0000271. The van der Waals surface area contributed by atoms with E-state index < -0.39 is 15.7 Å². The molecule has 21 heavy (non-hydrogen) atoms. The van der Waals surface area contributed by atoms with Gasteiger partial charge in [-0.05, 0) is 18.2 Å². The highest BCUT2D eigenvalue weighted by Gasteiger charge is 2.18. The second-order valence-electron chi connectivity index (χ2n) is 4.09. The van der Waals surface area contributed by atoms with Crippen LogP contribution < -0.4 is 5.32 Å². The molecule has 0 bridgehead atoms. The van der Waals surface area contributed by atoms with Crippen LogP contribution in [0.1, 0.15) is 10.4 Å². The summed E-state index contributed by atoms with van der Waals surface area (Å²) in [6.45, 7) is 0. The Morgan fingerprint density at radius 3 is 2.52 bits per heavy atom. The van der Waals surface area contributed by atoms with E-state index in [9.17, 15) is 13.2 Å². The Kier molecular flexibility index (Phi) is 4.46. The average molecular weight is 346 g/mol. The molecule has 0 saturated heterocycles. The van der Waals surface area contributed by atoms with Crippen LogP contribution in [0, 0.1) is 0 Å². The van der Waals surface area contributed by atoms with E-state index in [1.165, 1.54) is 18.2 Å². The first-order valence-electron chi connectivity index (χ1n) is 5.58. The smallest absolute Gasteiger partial charge is 0.259 e. The maximum Gasteiger partial charge on any atom is 0.259 e. The fraction of sp³-hybridized carbons (Fsp3) is 0.0833. The van der Waals surface area contributed by atoms with Gasteiger partial charge in [-0.25, -0.2) is 8.42 Å². The summed E-state index contributed by atoms with van der Waals surface area (Å²) >= 11 is 11.4. The first-order valence-corrected chi connectivity index (χ1v) is 8.23. The second-order valence-corrected chi connectivity index (χ2v) is 6.82. The summed E-state index contributed by atoms with van der Waals surface area (Å²) in [5, 5.41) is 9.35. The van der Waals surface area contributed by atoms with E-state index >= 15 is 0 Å². The highest BCUT2D eigenvalue weighted by molar-refractivity contribution is 7.90. The quantitative estimate of drug-likeness (QED) is 0.922. The molecule has 2 aromatic rings. The summed E-state index contributed by atoms with van der Waals surface area (Å²) in [5.74, 6) is -0.632. The number of nitrogens with zero attached hydrogens (tertiary/aromatic N) is 2. The van der Waals surface area contributed by atoms with E-state index in [0.29, 0.717) is 0 Å². The molecule has 2 rings (SSSR count). The molecule has 0 fully saturated rings. The van der Waals surface area contributed by atoms with Crippen LogP contribution in [-0.4, -0.2) is 30.8 Å². The van der Waals surface area contributed by atoms with Gasteiger partial charge in [0.1, 0.15) is 0 Å². The minimum atomic E-state index is -3.48. The lowest BCUT2D eigenvalue weighted by molar-refractivity contribution is 0.102. The van der Waals surface area contributed by atoms with Crippen molar-refractivity contribution in [1.82, 2.24) is 10.2 Å². The van der Waals surface area contributed by atoms with Crippen LogP contribution in [0.3, 0.4) is 0 Å². The monoisotopic (exact) mass is 345 g/mol. The third-order valence-corrected chi connectivity index (χ3v) is 4.12. The number of rotatable bonds is 3. The Labute approximate surface area is 131 Å². The van der Waals surface area contributed by atoms with E-state index in [-0.39, 0.29) is 26.5 Å². The molecule has 0 aliphatic carbocycles. The number of halogens is 2. The number of nitrogens with one attached hydrogen (secondary N) is 1. The van der Waals surface area contributed by atoms with Crippen molar-refractivity contribution >= 4 is 44.6 Å². The van der Waals surface area contributed by atoms with Crippen molar-refractivity contribution in [2.24, 2.45) is 0 Å². The maximum absolute atomic E-state index is 12.1. The van der Waals surface area contributed by atoms with Gasteiger partial charge in [-0.15, -0.1) is 10.2 Å². The lowest BCUT2D eigenvalue weighted by atomic mass is 10.2. The Hall–Kier alpha value is -1.70. The molecule has 6 nitrogen and oxygen atoms in total. The van der Waals surface area contributed by atoms with E-state index in [4.69, 9.17) is 23.2 Å². The van der Waals surface area contributed by atoms with Crippen LogP contribution in [0.5, 0.6) is 0 Å². The average Bonchev–Trinajstić information content (AvgIpc) is 2.41. The number of benzene rings is 1. The van der Waals surface area contributed by atoms with Crippen molar-refractivity contribution in [2.75, 3.05) is 11.6 Å². The summed E-state index contributed by atoms with van der Waals surface area (Å²) in [7, 11) is -3.48. The van der Waals surface area contributed by atoms with Gasteiger partial charge in [0, 0.05) is 6.26 Å². The van der Waals surface area contributed by atoms with E-state index in [2.05, 4.69) is 15.5 Å². The summed E-state index contributed by atoms with van der Waals surface area (Å²) in [6, 6.07) is 7.27. The lowest BCUT2D eigenvalue weighted by Crippen LogP contribution is -2.15. The number of aromatic nitrogens is 2. The Morgan fingerprint density at radius 2 is 1.86 bits per heavy atom. The van der Waals surface area contributed by atoms with Gasteiger partial charge in [-0.1, -0.05) is 35.3 Å². The van der Waals surface area contributed by atoms with Crippen molar-refractivity contribution in [3.8, 4) is 0 Å². The van der Waals surface area contributed by atoms with Crippen molar-refractivity contribution in [1.29, 1.82) is 0 Å². The highest BCUT2D eigenvalue weighted by Crippen LogP contribution is 2.23. The molecule has 0 aliphatic rings. The van der Waals surface area contributed by atoms with Gasteiger partial charge in [-0.3, -0.25) is 4.79 Å². The summed E-state index contributed by atoms with van der Waals surface area (Å²) in [6.07, 6.45) is 1.05. The van der Waals surface area contributed by atoms with Crippen LogP contribution in [-0.2, 0) is 9.84 Å². The number of anilines is 1. The van der Waals surface area contributed by atoms with Crippen LogP contribution in [0.15, 0.2) is 35.2 Å². The Morgan fingerprint density at radius 1 is 1.19 bits per heavy atom. The van der Waals surface area contributed by atoms with Gasteiger partial charge in [0.2, 0.25) is 0 Å². The van der Waals surface area contributed by atoms with Crippen LogP contribution in [0.4, 0.5) is 5.69 Å². The normalized spacial score (nSPS) is 11.2. The fourth-order valence-corrected chi connectivity index (χ4v) is 2.76. The number of sulfone groups is 1. The van der Waals surface area contributed by atoms with Crippen molar-refractivity contribution in [2.45, 2.75) is 4.90 Å². The van der Waals surface area contributed by atoms with Crippen molar-refractivity contribution < 1.29 is 13.2 Å². The van der Waals surface area contributed by atoms with Crippen LogP contribution >= 0.6 is 23.2 Å². The van der Waals surface area contributed by atoms with Crippen molar-refractivity contribution in [3.63, 3.8) is 0 Å². The number of hydrogen-bond acceptors (Lipinski definition) is 5. The number of carbonyl (C=O) groups is 1. The molecule has 1 amide bonds. The molecule has 0 saturated carbocycles. The van der Waals surface area contributed by atoms with E-state index in [1.54, 1.807) is 12.1 Å². The minimum Gasteiger partial charge on any atom is -0.321 e. The lowest BCUT2D eigenvalue weighted by Gasteiger charge is -2.10. The zero-order valence-electron chi connectivity index (χ0n) is 10.7. The van der Waals surface area contributed by atoms with Gasteiger partial charge in [0.05, 0.1) is 16.1 Å². The zero-order valence-corrected chi connectivity index (χ0v) is 13.0. The van der Waals surface area contributed by atoms with Gasteiger partial charge in [-0.2, -0.15) is 0 Å². The van der Waals surface area contributed by atoms with E-state index in [0.717, 1.165) is 6.26 Å². The zero-order chi connectivity index (χ0) is 15.6. The highest BCUT2D eigenvalue weighted by atomic mass is 35.5. The first kappa shape index (κ1) is 15.7. The first-order chi connectivity index (χ1) is 9.79. The molecule has 1 aromatic heterocycles. The molecule has 0 aliphatic heterocycles. The maximum atomic E-state index is 12.1. The fourth-order valence-electron chi connectivity index (χ4n) is 1.60. The molecule has 9 heteroatoms. The summed E-state index contributed by atoms with van der Waals surface area (Å²) in [4.78, 5) is 12.2. The number of hydrogen-bond donors (Lipinski definition) is 1. The molecular weight excluding hydrogens is 337 g/mol. The standard InChI is InChI=1S/C12H9Cl2N3O3S/c1-21(19,20)9-5-3-2-4-8(9)15-12(18)7-6-10(13)16-17-11(7)14/h2-6H,1H3,(H,15,18). The molecule has 110 valence electrons. The van der Waals surface area contributed by atoms with Crippen LogP contribution in [0.2, 0.25) is 10.3 Å². The Bertz CT molecular complexity index is 809. The molecule has 1 N–H and O–H groups in total. The number of carbonyl (C=O) groups excluding carboxylic acids is 1. The number of amides is 1. The summed E-state index contributed by atoms with van der Waals surface area (Å²) < 4.78 is 23.3. The molecule has 1 aromatic carbocycles. The van der Waals surface area contributed by atoms with Crippen LogP contribution in [0.25, 0.3) is 0 Å². The largest absolute Gasteiger partial charge is 0.321 e. The molecule has 0 unspecified atom stereocenters. The second kappa shape index (κ2) is 5.97. The molecule has 0 spiro atoms. The molecule has 0 radical (unpaired) electrons. The summed E-state index contributed by atoms with van der Waals surface area (Å²) in [5.41, 5.74) is 0.147. The van der Waals surface area contributed by atoms with Gasteiger partial charge >= 0.3 is 0 Å². The van der Waals surface area contributed by atoms with Crippen molar-refractivity contribution in [3.05, 3.63) is 46.2 Å². The van der Waals surface area contributed by atoms with E-state index in [1.807, 2.05) is 0 Å². The predicted octanol–water partition coefficient (Wildman–Crippen LogP) is 2.44. The van der Waals surface area contributed by atoms with Gasteiger partial charge in [0.15, 0.2) is 20.1 Å².